The Morgan fingerprint density at radius 1 is 1.18 bits per heavy atom. The third-order valence-corrected chi connectivity index (χ3v) is 4.67. The first kappa shape index (κ1) is 19.6. The molecule has 2 aromatic carbocycles. The average molecular weight is 397 g/mol. The van der Waals surface area contributed by atoms with Crippen LogP contribution in [-0.2, 0) is 6.54 Å². The van der Waals surface area contributed by atoms with E-state index in [-0.39, 0.29) is 5.91 Å². The zero-order valence-corrected chi connectivity index (χ0v) is 16.7. The van der Waals surface area contributed by atoms with Crippen LogP contribution in [0.1, 0.15) is 32.7 Å². The predicted molar refractivity (Wildman–Crippen MR) is 110 cm³/mol. The smallest absolute Gasteiger partial charge is 0.271 e. The Balaban J connectivity index is 1.68. The summed E-state index contributed by atoms with van der Waals surface area (Å²) in [6.45, 7) is 4.46. The molecular formula is C21H21ClN4O2. The summed E-state index contributed by atoms with van der Waals surface area (Å²) in [4.78, 5) is 12.2. The highest BCUT2D eigenvalue weighted by molar-refractivity contribution is 6.32. The van der Waals surface area contributed by atoms with Crippen molar-refractivity contribution in [2.75, 3.05) is 7.11 Å². The number of nitrogens with one attached hydrogen (secondary N) is 1. The van der Waals surface area contributed by atoms with E-state index in [1.54, 1.807) is 36.1 Å². The normalized spacial score (nSPS) is 11.0. The lowest BCUT2D eigenvalue weighted by Crippen LogP contribution is -2.17. The van der Waals surface area contributed by atoms with Crippen LogP contribution in [0.3, 0.4) is 0 Å². The van der Waals surface area contributed by atoms with Gasteiger partial charge in [0, 0.05) is 5.56 Å². The van der Waals surface area contributed by atoms with Crippen molar-refractivity contribution < 1.29 is 9.53 Å². The number of methoxy groups -OCH3 is 1. The Hall–Kier alpha value is -3.12. The number of nitrogens with zero attached hydrogens (tertiary/aromatic N) is 3. The van der Waals surface area contributed by atoms with Gasteiger partial charge in [-0.25, -0.2) is 10.1 Å². The summed E-state index contributed by atoms with van der Waals surface area (Å²) in [5.41, 5.74) is 6.69. The standard InChI is InChI=1S/C21H21ClN4O2/c1-14-4-6-16(7-5-14)13-26-20(22)19(15(2)25-26)12-23-24-21(27)17-8-10-18(28-3)11-9-17/h4-12H,13H2,1-3H3,(H,24,27)/b23-12-. The van der Waals surface area contributed by atoms with Gasteiger partial charge >= 0.3 is 0 Å². The minimum Gasteiger partial charge on any atom is -0.497 e. The molecule has 0 fully saturated rings. The first-order chi connectivity index (χ1) is 13.5. The van der Waals surface area contributed by atoms with Gasteiger partial charge in [-0.3, -0.25) is 4.79 Å². The van der Waals surface area contributed by atoms with Crippen molar-refractivity contribution in [1.82, 2.24) is 15.2 Å². The van der Waals surface area contributed by atoms with Crippen LogP contribution in [0.25, 0.3) is 0 Å². The molecule has 1 heterocycles. The Morgan fingerprint density at radius 2 is 1.86 bits per heavy atom. The summed E-state index contributed by atoms with van der Waals surface area (Å²) >= 11 is 6.46. The molecule has 0 aliphatic rings. The van der Waals surface area contributed by atoms with Crippen molar-refractivity contribution in [2.45, 2.75) is 20.4 Å². The molecule has 7 heteroatoms. The number of hydrogen-bond donors (Lipinski definition) is 1. The van der Waals surface area contributed by atoms with Crippen LogP contribution in [-0.4, -0.2) is 29.0 Å². The van der Waals surface area contributed by atoms with Crippen molar-refractivity contribution in [1.29, 1.82) is 0 Å². The number of ether oxygens (including phenoxy) is 1. The summed E-state index contributed by atoms with van der Waals surface area (Å²) < 4.78 is 6.80. The molecule has 1 N–H and O–H groups in total. The molecule has 0 aliphatic heterocycles. The highest BCUT2D eigenvalue weighted by atomic mass is 35.5. The van der Waals surface area contributed by atoms with Crippen molar-refractivity contribution in [3.8, 4) is 5.75 Å². The second-order valence-electron chi connectivity index (χ2n) is 6.36. The van der Waals surface area contributed by atoms with Crippen molar-refractivity contribution in [3.05, 3.63) is 81.6 Å². The highest BCUT2D eigenvalue weighted by Crippen LogP contribution is 2.19. The summed E-state index contributed by atoms with van der Waals surface area (Å²) in [5, 5.41) is 8.96. The van der Waals surface area contributed by atoms with Gasteiger partial charge in [0.15, 0.2) is 0 Å². The third-order valence-electron chi connectivity index (χ3n) is 4.27. The summed E-state index contributed by atoms with van der Waals surface area (Å²) in [5.74, 6) is 0.364. The summed E-state index contributed by atoms with van der Waals surface area (Å²) in [6.07, 6.45) is 1.51. The number of halogens is 1. The van der Waals surface area contributed by atoms with Gasteiger partial charge < -0.3 is 4.74 Å². The van der Waals surface area contributed by atoms with E-state index in [9.17, 15) is 4.79 Å². The molecule has 0 saturated carbocycles. The maximum atomic E-state index is 12.2. The Morgan fingerprint density at radius 3 is 2.50 bits per heavy atom. The number of aromatic nitrogens is 2. The van der Waals surface area contributed by atoms with Crippen molar-refractivity contribution in [3.63, 3.8) is 0 Å². The third kappa shape index (κ3) is 4.58. The fraction of sp³-hybridized carbons (Fsp3) is 0.190. The molecule has 6 nitrogen and oxygen atoms in total. The predicted octanol–water partition coefficient (Wildman–Crippen LogP) is 3.97. The largest absolute Gasteiger partial charge is 0.497 e. The number of benzene rings is 2. The van der Waals surface area contributed by atoms with Crippen LogP contribution in [0.5, 0.6) is 5.75 Å². The molecule has 3 rings (SSSR count). The van der Waals surface area contributed by atoms with Crippen molar-refractivity contribution >= 4 is 23.7 Å². The van der Waals surface area contributed by atoms with E-state index in [2.05, 4.69) is 27.8 Å². The Kier molecular flexibility index (Phi) is 6.11. The molecule has 0 aliphatic carbocycles. The number of hydrogen-bond acceptors (Lipinski definition) is 4. The lowest BCUT2D eigenvalue weighted by Gasteiger charge is -2.04. The number of rotatable bonds is 6. The summed E-state index contributed by atoms with van der Waals surface area (Å²) in [6, 6.07) is 15.0. The van der Waals surface area contributed by atoms with Gasteiger partial charge in [0.05, 0.1) is 31.1 Å². The minimum atomic E-state index is -0.320. The van der Waals surface area contributed by atoms with Crippen LogP contribution in [0.2, 0.25) is 5.15 Å². The molecule has 0 saturated heterocycles. The Labute approximate surface area is 168 Å². The van der Waals surface area contributed by atoms with E-state index in [1.807, 2.05) is 26.0 Å². The molecular weight excluding hydrogens is 376 g/mol. The lowest BCUT2D eigenvalue weighted by atomic mass is 10.1. The first-order valence-corrected chi connectivity index (χ1v) is 9.11. The molecule has 0 bridgehead atoms. The van der Waals surface area contributed by atoms with E-state index in [0.717, 1.165) is 11.3 Å². The average Bonchev–Trinajstić information content (AvgIpc) is 2.97. The maximum absolute atomic E-state index is 12.2. The molecule has 1 amide bonds. The number of hydrazone groups is 1. The molecule has 3 aromatic rings. The van der Waals surface area contributed by atoms with Gasteiger partial charge in [-0.05, 0) is 43.7 Å². The van der Waals surface area contributed by atoms with Crippen LogP contribution < -0.4 is 10.2 Å². The van der Waals surface area contributed by atoms with Crippen LogP contribution in [0.4, 0.5) is 0 Å². The topological polar surface area (TPSA) is 68.5 Å². The zero-order valence-electron chi connectivity index (χ0n) is 15.9. The fourth-order valence-electron chi connectivity index (χ4n) is 2.65. The Bertz CT molecular complexity index is 992. The molecule has 0 spiro atoms. The van der Waals surface area contributed by atoms with E-state index in [0.29, 0.717) is 28.6 Å². The van der Waals surface area contributed by atoms with Crippen LogP contribution >= 0.6 is 11.6 Å². The molecule has 0 radical (unpaired) electrons. The van der Waals surface area contributed by atoms with Gasteiger partial charge in [0.2, 0.25) is 0 Å². The van der Waals surface area contributed by atoms with Crippen LogP contribution in [0, 0.1) is 13.8 Å². The lowest BCUT2D eigenvalue weighted by molar-refractivity contribution is 0.0955. The monoisotopic (exact) mass is 396 g/mol. The maximum Gasteiger partial charge on any atom is 0.271 e. The van der Waals surface area contributed by atoms with Crippen molar-refractivity contribution in [2.24, 2.45) is 5.10 Å². The van der Waals surface area contributed by atoms with E-state index in [1.165, 1.54) is 11.8 Å². The van der Waals surface area contributed by atoms with E-state index < -0.39 is 0 Å². The second-order valence-corrected chi connectivity index (χ2v) is 6.72. The second kappa shape index (κ2) is 8.71. The number of carbonyl (C=O) groups excluding carboxylic acids is 1. The number of carbonyl (C=O) groups is 1. The molecule has 0 unspecified atom stereocenters. The van der Waals surface area contributed by atoms with Gasteiger partial charge in [0.25, 0.3) is 5.91 Å². The molecule has 1 aromatic heterocycles. The van der Waals surface area contributed by atoms with Crippen LogP contribution in [0.15, 0.2) is 53.6 Å². The van der Waals surface area contributed by atoms with Gasteiger partial charge in [-0.15, -0.1) is 0 Å². The quantitative estimate of drug-likeness (QED) is 0.506. The zero-order chi connectivity index (χ0) is 20.1. The molecule has 28 heavy (non-hydrogen) atoms. The molecule has 0 atom stereocenters. The SMILES string of the molecule is COc1ccc(C(=O)N/N=C\c2c(C)nn(Cc3ccc(C)cc3)c2Cl)cc1. The summed E-state index contributed by atoms with van der Waals surface area (Å²) in [7, 11) is 1.57. The number of amides is 1. The molecule has 144 valence electrons. The van der Waals surface area contributed by atoms with Gasteiger partial charge in [0.1, 0.15) is 10.9 Å². The van der Waals surface area contributed by atoms with E-state index in [4.69, 9.17) is 16.3 Å². The first-order valence-electron chi connectivity index (χ1n) is 8.74. The number of aryl methyl sites for hydroxylation is 2. The van der Waals surface area contributed by atoms with E-state index >= 15 is 0 Å². The fourth-order valence-corrected chi connectivity index (χ4v) is 2.93. The highest BCUT2D eigenvalue weighted by Gasteiger charge is 2.12. The van der Waals surface area contributed by atoms with Gasteiger partial charge in [-0.1, -0.05) is 41.4 Å². The van der Waals surface area contributed by atoms with Gasteiger partial charge in [-0.2, -0.15) is 10.2 Å². The minimum absolute atomic E-state index is 0.320.